The Kier molecular flexibility index (Phi) is 5.23. The van der Waals surface area contributed by atoms with Crippen LogP contribution in [0.3, 0.4) is 0 Å². The Balaban J connectivity index is 2.00. The van der Waals surface area contributed by atoms with E-state index in [4.69, 9.17) is 11.6 Å². The number of carbonyl (C=O) groups excluding carboxylic acids is 1. The fraction of sp³-hybridized carbons (Fsp3) is 0.278. The molecule has 1 heterocycles. The number of halogens is 1. The van der Waals surface area contributed by atoms with Crippen molar-refractivity contribution in [3.05, 3.63) is 47.0 Å². The third-order valence-electron chi connectivity index (χ3n) is 4.19. The van der Waals surface area contributed by atoms with Gasteiger partial charge in [-0.3, -0.25) is 9.52 Å². The molecule has 0 bridgehead atoms. The zero-order valence-corrected chi connectivity index (χ0v) is 17.0. The van der Waals surface area contributed by atoms with E-state index in [2.05, 4.69) is 4.72 Å². The summed E-state index contributed by atoms with van der Waals surface area (Å²) in [5.41, 5.74) is 1.72. The van der Waals surface area contributed by atoms with Gasteiger partial charge < -0.3 is 4.90 Å². The molecule has 0 spiro atoms. The van der Waals surface area contributed by atoms with Gasteiger partial charge in [0.1, 0.15) is 0 Å². The first-order valence-corrected chi connectivity index (χ1v) is 10.8. The molecule has 0 saturated heterocycles. The number of amides is 1. The topological polar surface area (TPSA) is 66.5 Å². The van der Waals surface area contributed by atoms with Crippen LogP contribution in [0, 0.1) is 6.92 Å². The Labute approximate surface area is 162 Å². The third-order valence-corrected chi connectivity index (χ3v) is 7.11. The van der Waals surface area contributed by atoms with E-state index in [0.29, 0.717) is 28.5 Å². The summed E-state index contributed by atoms with van der Waals surface area (Å²) in [7, 11) is -3.80. The van der Waals surface area contributed by atoms with E-state index in [1.165, 1.54) is 6.92 Å². The highest BCUT2D eigenvalue weighted by Gasteiger charge is 2.27. The van der Waals surface area contributed by atoms with E-state index in [0.717, 1.165) is 4.90 Å². The van der Waals surface area contributed by atoms with Crippen molar-refractivity contribution in [1.82, 2.24) is 0 Å². The smallest absolute Gasteiger partial charge is 0.261 e. The Morgan fingerprint density at radius 2 is 2.04 bits per heavy atom. The number of hydrogen-bond donors (Lipinski definition) is 1. The third kappa shape index (κ3) is 3.70. The first kappa shape index (κ1) is 19.1. The number of thioether (sulfide) groups is 1. The summed E-state index contributed by atoms with van der Waals surface area (Å²) in [5.74, 6) is -0.105. The van der Waals surface area contributed by atoms with Crippen molar-refractivity contribution in [2.45, 2.75) is 35.8 Å². The first-order chi connectivity index (χ1) is 12.2. The van der Waals surface area contributed by atoms with E-state index in [1.807, 2.05) is 6.92 Å². The SMILES string of the molecule is CC(=O)N1CC(C)Sc2ccc(S(=O)(=O)Nc3cccc(Cl)c3C)cc21. The molecular weight excluding hydrogens is 392 g/mol. The molecule has 1 amide bonds. The Hall–Kier alpha value is -1.70. The molecule has 1 unspecified atom stereocenters. The molecule has 1 aliphatic heterocycles. The molecule has 0 aromatic heterocycles. The highest BCUT2D eigenvalue weighted by molar-refractivity contribution is 8.00. The molecule has 1 atom stereocenters. The van der Waals surface area contributed by atoms with Crippen LogP contribution < -0.4 is 9.62 Å². The second-order valence-corrected chi connectivity index (χ2v) is 9.78. The molecule has 8 heteroatoms. The average Bonchev–Trinajstić information content (AvgIpc) is 2.57. The average molecular weight is 411 g/mol. The van der Waals surface area contributed by atoms with Crippen molar-refractivity contribution >= 4 is 50.7 Å². The van der Waals surface area contributed by atoms with Crippen LogP contribution in [0.4, 0.5) is 11.4 Å². The van der Waals surface area contributed by atoms with Gasteiger partial charge in [0.15, 0.2) is 0 Å². The van der Waals surface area contributed by atoms with Gasteiger partial charge in [-0.15, -0.1) is 11.8 Å². The zero-order chi connectivity index (χ0) is 19.1. The quantitative estimate of drug-likeness (QED) is 0.819. The predicted molar refractivity (Wildman–Crippen MR) is 107 cm³/mol. The van der Waals surface area contributed by atoms with Crippen LogP contribution in [0.25, 0.3) is 0 Å². The molecule has 26 heavy (non-hydrogen) atoms. The summed E-state index contributed by atoms with van der Waals surface area (Å²) in [6.45, 7) is 5.83. The van der Waals surface area contributed by atoms with Crippen molar-refractivity contribution in [3.8, 4) is 0 Å². The summed E-state index contributed by atoms with van der Waals surface area (Å²) >= 11 is 7.70. The maximum Gasteiger partial charge on any atom is 0.261 e. The maximum absolute atomic E-state index is 12.8. The lowest BCUT2D eigenvalue weighted by atomic mass is 10.2. The van der Waals surface area contributed by atoms with Crippen LogP contribution in [0.5, 0.6) is 0 Å². The number of hydrogen-bond acceptors (Lipinski definition) is 4. The van der Waals surface area contributed by atoms with Gasteiger partial charge in [0, 0.05) is 28.6 Å². The summed E-state index contributed by atoms with van der Waals surface area (Å²) < 4.78 is 28.2. The van der Waals surface area contributed by atoms with Crippen LogP contribution in [-0.4, -0.2) is 26.1 Å². The van der Waals surface area contributed by atoms with Crippen LogP contribution in [0.1, 0.15) is 19.4 Å². The summed E-state index contributed by atoms with van der Waals surface area (Å²) in [5, 5.41) is 0.741. The van der Waals surface area contributed by atoms with E-state index in [-0.39, 0.29) is 16.1 Å². The molecule has 138 valence electrons. The lowest BCUT2D eigenvalue weighted by Gasteiger charge is -2.32. The van der Waals surface area contributed by atoms with Crippen molar-refractivity contribution in [1.29, 1.82) is 0 Å². The van der Waals surface area contributed by atoms with Gasteiger partial charge >= 0.3 is 0 Å². The van der Waals surface area contributed by atoms with E-state index in [9.17, 15) is 13.2 Å². The van der Waals surface area contributed by atoms with E-state index < -0.39 is 10.0 Å². The van der Waals surface area contributed by atoms with Gasteiger partial charge in [-0.05, 0) is 42.8 Å². The molecule has 0 fully saturated rings. The number of nitrogens with one attached hydrogen (secondary N) is 1. The van der Waals surface area contributed by atoms with E-state index >= 15 is 0 Å². The largest absolute Gasteiger partial charge is 0.310 e. The number of carbonyl (C=O) groups is 1. The Morgan fingerprint density at radius 3 is 2.73 bits per heavy atom. The minimum absolute atomic E-state index is 0.105. The molecule has 0 saturated carbocycles. The molecule has 2 aromatic rings. The Morgan fingerprint density at radius 1 is 1.31 bits per heavy atom. The van der Waals surface area contributed by atoms with Crippen LogP contribution in [0.2, 0.25) is 5.02 Å². The second kappa shape index (κ2) is 7.13. The van der Waals surface area contributed by atoms with Crippen LogP contribution in [0.15, 0.2) is 46.2 Å². The first-order valence-electron chi connectivity index (χ1n) is 8.06. The lowest BCUT2D eigenvalue weighted by molar-refractivity contribution is -0.116. The highest BCUT2D eigenvalue weighted by Crippen LogP contribution is 2.40. The minimum Gasteiger partial charge on any atom is -0.310 e. The summed E-state index contributed by atoms with van der Waals surface area (Å²) in [6, 6.07) is 9.93. The molecular formula is C18H19ClN2O3S2. The number of sulfonamides is 1. The fourth-order valence-electron chi connectivity index (χ4n) is 2.80. The van der Waals surface area contributed by atoms with Crippen molar-refractivity contribution in [3.63, 3.8) is 0 Å². The van der Waals surface area contributed by atoms with E-state index in [1.54, 1.807) is 60.0 Å². The molecule has 2 aromatic carbocycles. The zero-order valence-electron chi connectivity index (χ0n) is 14.6. The van der Waals surface area contributed by atoms with Crippen molar-refractivity contribution in [2.24, 2.45) is 0 Å². The van der Waals surface area contributed by atoms with Crippen LogP contribution >= 0.6 is 23.4 Å². The number of anilines is 2. The van der Waals surface area contributed by atoms with Gasteiger partial charge in [0.25, 0.3) is 10.0 Å². The molecule has 1 N–H and O–H groups in total. The Bertz CT molecular complexity index is 976. The monoisotopic (exact) mass is 410 g/mol. The van der Waals surface area contributed by atoms with Gasteiger partial charge in [-0.2, -0.15) is 0 Å². The molecule has 0 aliphatic carbocycles. The summed E-state index contributed by atoms with van der Waals surface area (Å²) in [4.78, 5) is 14.6. The normalized spacial score (nSPS) is 16.9. The minimum atomic E-state index is -3.80. The van der Waals surface area contributed by atoms with Gasteiger partial charge in [-0.25, -0.2) is 8.42 Å². The van der Waals surface area contributed by atoms with Gasteiger partial charge in [0.05, 0.1) is 16.3 Å². The second-order valence-electron chi connectivity index (χ2n) is 6.21. The molecule has 5 nitrogen and oxygen atoms in total. The predicted octanol–water partition coefficient (Wildman–Crippen LogP) is 4.30. The molecule has 0 radical (unpaired) electrons. The van der Waals surface area contributed by atoms with Gasteiger partial charge in [0.2, 0.25) is 5.91 Å². The number of rotatable bonds is 3. The lowest BCUT2D eigenvalue weighted by Crippen LogP contribution is -2.37. The molecule has 1 aliphatic rings. The summed E-state index contributed by atoms with van der Waals surface area (Å²) in [6.07, 6.45) is 0. The number of fused-ring (bicyclic) bond motifs is 1. The number of benzene rings is 2. The van der Waals surface area contributed by atoms with Gasteiger partial charge in [-0.1, -0.05) is 24.6 Å². The highest BCUT2D eigenvalue weighted by atomic mass is 35.5. The van der Waals surface area contributed by atoms with Crippen molar-refractivity contribution in [2.75, 3.05) is 16.2 Å². The fourth-order valence-corrected chi connectivity index (χ4v) is 5.21. The standard InChI is InChI=1S/C18H19ClN2O3S2/c1-11-10-21(13(3)22)17-9-14(7-8-18(17)25-11)26(23,24)20-16-6-4-5-15(19)12(16)2/h4-9,11,20H,10H2,1-3H3. The molecule has 3 rings (SSSR count). The number of nitrogens with zero attached hydrogens (tertiary/aromatic N) is 1. The maximum atomic E-state index is 12.8. The van der Waals surface area contributed by atoms with Crippen LogP contribution in [-0.2, 0) is 14.8 Å². The van der Waals surface area contributed by atoms with Crippen molar-refractivity contribution < 1.29 is 13.2 Å².